The SMILES string of the molecule is CC(C)(C)[C@H](NC(=O)[C@H](CC1CCCC1)CN(O)C=O)C(=O)N1CC(N2Cc3c(F)ccc(F)c3C2)C1. The van der Waals surface area contributed by atoms with Crippen molar-refractivity contribution in [2.75, 3.05) is 19.6 Å². The predicted octanol–water partition coefficient (Wildman–Crippen LogP) is 3.07. The molecule has 1 saturated heterocycles. The van der Waals surface area contributed by atoms with Crippen molar-refractivity contribution in [2.24, 2.45) is 17.3 Å². The van der Waals surface area contributed by atoms with Crippen LogP contribution in [0.2, 0.25) is 0 Å². The van der Waals surface area contributed by atoms with Crippen molar-refractivity contribution in [3.8, 4) is 0 Å². The van der Waals surface area contributed by atoms with Crippen LogP contribution >= 0.6 is 0 Å². The second kappa shape index (κ2) is 11.0. The van der Waals surface area contributed by atoms with Crippen LogP contribution in [0.4, 0.5) is 8.78 Å². The van der Waals surface area contributed by atoms with Crippen molar-refractivity contribution < 1.29 is 28.4 Å². The number of likely N-dealkylation sites (tertiary alicyclic amines) is 1. The van der Waals surface area contributed by atoms with Crippen molar-refractivity contribution >= 4 is 18.2 Å². The highest BCUT2D eigenvalue weighted by molar-refractivity contribution is 5.89. The minimum atomic E-state index is -0.791. The van der Waals surface area contributed by atoms with Gasteiger partial charge in [0.25, 0.3) is 0 Å². The maximum Gasteiger partial charge on any atom is 0.245 e. The summed E-state index contributed by atoms with van der Waals surface area (Å²) in [6, 6.07) is 1.49. The zero-order valence-electron chi connectivity index (χ0n) is 21.9. The van der Waals surface area contributed by atoms with Gasteiger partial charge in [0.1, 0.15) is 17.7 Å². The van der Waals surface area contributed by atoms with Crippen molar-refractivity contribution in [3.63, 3.8) is 0 Å². The normalized spacial score (nSPS) is 20.3. The summed E-state index contributed by atoms with van der Waals surface area (Å²) in [5, 5.41) is 13.2. The highest BCUT2D eigenvalue weighted by Gasteiger charge is 2.44. The lowest BCUT2D eigenvalue weighted by Crippen LogP contribution is -2.65. The van der Waals surface area contributed by atoms with E-state index < -0.39 is 29.0 Å². The number of carbonyl (C=O) groups is 3. The number of amides is 3. The second-order valence-corrected chi connectivity index (χ2v) is 11.9. The Bertz CT molecular complexity index is 987. The quantitative estimate of drug-likeness (QED) is 0.297. The highest BCUT2D eigenvalue weighted by atomic mass is 19.1. The molecule has 2 aliphatic heterocycles. The third-order valence-corrected chi connectivity index (χ3v) is 8.12. The van der Waals surface area contributed by atoms with E-state index in [2.05, 4.69) is 5.32 Å². The van der Waals surface area contributed by atoms with Crippen LogP contribution in [-0.4, -0.2) is 70.0 Å². The molecule has 2 heterocycles. The fourth-order valence-corrected chi connectivity index (χ4v) is 5.84. The first-order valence-electron chi connectivity index (χ1n) is 13.2. The lowest BCUT2D eigenvalue weighted by molar-refractivity contribution is -0.156. The van der Waals surface area contributed by atoms with E-state index in [0.29, 0.717) is 54.7 Å². The lowest BCUT2D eigenvalue weighted by Gasteiger charge is -2.46. The van der Waals surface area contributed by atoms with Gasteiger partial charge in [0, 0.05) is 43.3 Å². The van der Waals surface area contributed by atoms with Crippen molar-refractivity contribution in [2.45, 2.75) is 78.0 Å². The number of nitrogens with one attached hydrogen (secondary N) is 1. The van der Waals surface area contributed by atoms with Gasteiger partial charge >= 0.3 is 0 Å². The molecule has 10 heteroatoms. The fourth-order valence-electron chi connectivity index (χ4n) is 5.84. The van der Waals surface area contributed by atoms with Crippen LogP contribution in [0.1, 0.15) is 64.0 Å². The fraction of sp³-hybridized carbons (Fsp3) is 0.667. The molecule has 0 radical (unpaired) electrons. The third-order valence-electron chi connectivity index (χ3n) is 8.12. The molecule has 8 nitrogen and oxygen atoms in total. The molecule has 2 fully saturated rings. The van der Waals surface area contributed by atoms with E-state index in [9.17, 15) is 28.4 Å². The van der Waals surface area contributed by atoms with Crippen LogP contribution in [0.15, 0.2) is 12.1 Å². The summed E-state index contributed by atoms with van der Waals surface area (Å²) >= 11 is 0. The largest absolute Gasteiger partial charge is 0.344 e. The van der Waals surface area contributed by atoms with Crippen LogP contribution in [0.5, 0.6) is 0 Å². The topological polar surface area (TPSA) is 93.2 Å². The summed E-state index contributed by atoms with van der Waals surface area (Å²) in [6.07, 6.45) is 5.08. The molecule has 1 aliphatic carbocycles. The molecule has 1 saturated carbocycles. The first-order chi connectivity index (χ1) is 17.5. The average Bonchev–Trinajstić information content (AvgIpc) is 3.48. The molecule has 1 aromatic rings. The van der Waals surface area contributed by atoms with Gasteiger partial charge in [0.15, 0.2) is 0 Å². The number of hydrogen-bond acceptors (Lipinski definition) is 5. The zero-order valence-corrected chi connectivity index (χ0v) is 21.9. The summed E-state index contributed by atoms with van der Waals surface area (Å²) in [4.78, 5) is 41.5. The first-order valence-corrected chi connectivity index (χ1v) is 13.2. The molecule has 2 N–H and O–H groups in total. The Labute approximate surface area is 216 Å². The zero-order chi connectivity index (χ0) is 26.9. The van der Waals surface area contributed by atoms with E-state index in [1.807, 2.05) is 25.7 Å². The van der Waals surface area contributed by atoms with Gasteiger partial charge in [0.2, 0.25) is 18.2 Å². The third kappa shape index (κ3) is 6.12. The molecule has 4 rings (SSSR count). The van der Waals surface area contributed by atoms with Crippen LogP contribution < -0.4 is 5.32 Å². The summed E-state index contributed by atoms with van der Waals surface area (Å²) in [5.41, 5.74) is 0.187. The maximum atomic E-state index is 14.2. The molecule has 204 valence electrons. The summed E-state index contributed by atoms with van der Waals surface area (Å²) in [6.45, 7) is 6.97. The van der Waals surface area contributed by atoms with Crippen molar-refractivity contribution in [1.29, 1.82) is 0 Å². The van der Waals surface area contributed by atoms with E-state index in [0.717, 1.165) is 37.8 Å². The average molecular weight is 521 g/mol. The monoisotopic (exact) mass is 520 g/mol. The first kappa shape index (κ1) is 27.4. The van der Waals surface area contributed by atoms with Crippen LogP contribution in [0, 0.1) is 28.9 Å². The molecule has 37 heavy (non-hydrogen) atoms. The van der Waals surface area contributed by atoms with Gasteiger partial charge in [-0.15, -0.1) is 0 Å². The van der Waals surface area contributed by atoms with E-state index in [1.165, 1.54) is 0 Å². The van der Waals surface area contributed by atoms with Crippen LogP contribution in [0.25, 0.3) is 0 Å². The Kier molecular flexibility index (Phi) is 8.18. The van der Waals surface area contributed by atoms with E-state index in [-0.39, 0.29) is 30.8 Å². The molecule has 2 atom stereocenters. The van der Waals surface area contributed by atoms with E-state index in [1.54, 1.807) is 4.90 Å². The molecule has 0 unspecified atom stereocenters. The van der Waals surface area contributed by atoms with Gasteiger partial charge in [-0.2, -0.15) is 0 Å². The van der Waals surface area contributed by atoms with Gasteiger partial charge in [-0.25, -0.2) is 13.8 Å². The molecule has 3 aliphatic rings. The molecule has 1 aromatic carbocycles. The Hall–Kier alpha value is -2.59. The number of hydroxylamine groups is 2. The molecular formula is C27H38F2N4O4. The Morgan fingerprint density at radius 1 is 1.14 bits per heavy atom. The van der Waals surface area contributed by atoms with Crippen molar-refractivity contribution in [3.05, 3.63) is 34.9 Å². The maximum absolute atomic E-state index is 14.2. The minimum Gasteiger partial charge on any atom is -0.344 e. The summed E-state index contributed by atoms with van der Waals surface area (Å²) in [7, 11) is 0. The number of fused-ring (bicyclic) bond motifs is 1. The lowest BCUT2D eigenvalue weighted by atomic mass is 9.84. The number of benzene rings is 1. The summed E-state index contributed by atoms with van der Waals surface area (Å²) < 4.78 is 28.3. The Balaban J connectivity index is 1.38. The molecule has 0 spiro atoms. The number of rotatable bonds is 9. The molecule has 0 bridgehead atoms. The van der Waals surface area contributed by atoms with Crippen LogP contribution in [0.3, 0.4) is 0 Å². The molecule has 0 aromatic heterocycles. The van der Waals surface area contributed by atoms with Gasteiger partial charge in [-0.3, -0.25) is 24.5 Å². The number of carbonyl (C=O) groups excluding carboxylic acids is 3. The highest BCUT2D eigenvalue weighted by Crippen LogP contribution is 2.33. The number of hydrogen-bond donors (Lipinski definition) is 2. The van der Waals surface area contributed by atoms with Crippen LogP contribution in [-0.2, 0) is 27.5 Å². The molecule has 3 amide bonds. The number of halogens is 2. The Morgan fingerprint density at radius 2 is 1.70 bits per heavy atom. The standard InChI is InChI=1S/C27H38F2N4O4/c1-27(2,3)24(30-25(35)18(11-33(37)16-34)10-17-6-4-5-7-17)26(36)32-12-19(13-32)31-14-20-21(15-31)23(29)9-8-22(20)28/h8-9,16-19,24,37H,4-7,10-15H2,1-3H3,(H,30,35)/t18-,24-/m1/s1. The van der Waals surface area contributed by atoms with E-state index >= 15 is 0 Å². The van der Waals surface area contributed by atoms with Gasteiger partial charge in [-0.05, 0) is 29.9 Å². The minimum absolute atomic E-state index is 0.0166. The number of nitrogens with zero attached hydrogens (tertiary/aromatic N) is 3. The predicted molar refractivity (Wildman–Crippen MR) is 132 cm³/mol. The smallest absolute Gasteiger partial charge is 0.245 e. The van der Waals surface area contributed by atoms with Gasteiger partial charge < -0.3 is 10.2 Å². The van der Waals surface area contributed by atoms with Crippen molar-refractivity contribution in [1.82, 2.24) is 20.2 Å². The van der Waals surface area contributed by atoms with E-state index in [4.69, 9.17) is 0 Å². The summed E-state index contributed by atoms with van der Waals surface area (Å²) in [5.74, 6) is -1.64. The van der Waals surface area contributed by atoms with Gasteiger partial charge in [-0.1, -0.05) is 46.5 Å². The molecular weight excluding hydrogens is 482 g/mol. The Morgan fingerprint density at radius 3 is 2.22 bits per heavy atom. The van der Waals surface area contributed by atoms with Gasteiger partial charge in [0.05, 0.1) is 12.5 Å². The second-order valence-electron chi connectivity index (χ2n) is 11.9.